The number of rotatable bonds is 3. The first-order valence-electron chi connectivity index (χ1n) is 5.49. The Morgan fingerprint density at radius 3 is 2.69 bits per heavy atom. The molecule has 0 aromatic heterocycles. The van der Waals surface area contributed by atoms with Crippen LogP contribution in [0.2, 0.25) is 0 Å². The summed E-state index contributed by atoms with van der Waals surface area (Å²) in [6.45, 7) is 11.5. The second-order valence-electron chi connectivity index (χ2n) is 4.96. The van der Waals surface area contributed by atoms with Gasteiger partial charge in [-0.05, 0) is 0 Å². The van der Waals surface area contributed by atoms with Crippen molar-refractivity contribution in [2.24, 2.45) is 0 Å². The minimum absolute atomic E-state index is 0.321. The molecule has 0 bridgehead atoms. The molecule has 0 N–H and O–H groups in total. The Labute approximate surface area is 83.4 Å². The number of hydrogen-bond donors (Lipinski definition) is 0. The minimum atomic E-state index is 0.321. The topological polar surface area (TPSA) is 3.24 Å². The number of unbranched alkanes of at least 4 members (excludes halogenated alkanes) is 1. The molecule has 1 nitrogen and oxygen atoms in total. The fraction of sp³-hybridized carbons (Fsp3) is 0.909. The Morgan fingerprint density at radius 1 is 1.46 bits per heavy atom. The van der Waals surface area contributed by atoms with Crippen LogP contribution in [0.15, 0.2) is 0 Å². The van der Waals surface area contributed by atoms with Crippen molar-refractivity contribution in [1.29, 1.82) is 0 Å². The quantitative estimate of drug-likeness (QED) is 0.600. The molecule has 2 heteroatoms. The molecular formula is C11H22BN. The predicted octanol–water partition coefficient (Wildman–Crippen LogP) is 2.12. The Morgan fingerprint density at radius 2 is 2.15 bits per heavy atom. The van der Waals surface area contributed by atoms with Crippen LogP contribution in [-0.2, 0) is 0 Å². The third-order valence-corrected chi connectivity index (χ3v) is 2.78. The predicted molar refractivity (Wildman–Crippen MR) is 61.6 cm³/mol. The van der Waals surface area contributed by atoms with E-state index in [-0.39, 0.29) is 0 Å². The zero-order valence-corrected chi connectivity index (χ0v) is 9.51. The monoisotopic (exact) mass is 179 g/mol. The van der Waals surface area contributed by atoms with Crippen LogP contribution in [0.5, 0.6) is 0 Å². The Balaban J connectivity index is 2.48. The van der Waals surface area contributed by atoms with Gasteiger partial charge in [0.2, 0.25) is 0 Å². The molecule has 0 aromatic carbocycles. The maximum absolute atomic E-state index is 2.59. The summed E-state index contributed by atoms with van der Waals surface area (Å²) in [4.78, 5) is 2.59. The van der Waals surface area contributed by atoms with E-state index in [0.717, 1.165) is 6.44 Å². The summed E-state index contributed by atoms with van der Waals surface area (Å²) in [5.74, 6) is 2.38. The van der Waals surface area contributed by atoms with Gasteiger partial charge in [0, 0.05) is 0 Å². The van der Waals surface area contributed by atoms with Crippen molar-refractivity contribution in [3.05, 3.63) is 0 Å². The van der Waals surface area contributed by atoms with Gasteiger partial charge in [-0.1, -0.05) is 0 Å². The van der Waals surface area contributed by atoms with Crippen LogP contribution in [0.3, 0.4) is 0 Å². The fourth-order valence-electron chi connectivity index (χ4n) is 2.01. The molecule has 0 saturated carbocycles. The second kappa shape index (κ2) is 4.41. The molecule has 1 unspecified atom stereocenters. The van der Waals surface area contributed by atoms with Gasteiger partial charge in [-0.25, -0.2) is 0 Å². The van der Waals surface area contributed by atoms with Crippen molar-refractivity contribution in [2.45, 2.75) is 58.5 Å². The molecule has 13 heavy (non-hydrogen) atoms. The van der Waals surface area contributed by atoms with Crippen molar-refractivity contribution in [3.63, 3.8) is 0 Å². The molecule has 1 atom stereocenters. The van der Waals surface area contributed by atoms with Crippen molar-refractivity contribution < 1.29 is 0 Å². The van der Waals surface area contributed by atoms with Crippen LogP contribution in [0.25, 0.3) is 0 Å². The molecule has 0 aromatic rings. The molecular weight excluding hydrogens is 157 g/mol. The van der Waals surface area contributed by atoms with Crippen molar-refractivity contribution in [3.8, 4) is 0 Å². The van der Waals surface area contributed by atoms with Crippen LogP contribution >= 0.6 is 0 Å². The summed E-state index contributed by atoms with van der Waals surface area (Å²) in [7, 11) is 0. The summed E-state index contributed by atoms with van der Waals surface area (Å²) in [5, 5.41) is 0. The molecule has 0 aliphatic carbocycles. The van der Waals surface area contributed by atoms with Crippen LogP contribution in [0.1, 0.15) is 47.0 Å². The van der Waals surface area contributed by atoms with Gasteiger partial charge in [0.05, 0.1) is 0 Å². The van der Waals surface area contributed by atoms with Crippen molar-refractivity contribution >= 4 is 12.9 Å². The summed E-state index contributed by atoms with van der Waals surface area (Å²) in [6.07, 6.45) is 5.12. The zero-order chi connectivity index (χ0) is 9.90. The van der Waals surface area contributed by atoms with Gasteiger partial charge in [-0.2, -0.15) is 0 Å². The van der Waals surface area contributed by atoms with Gasteiger partial charge in [-0.15, -0.1) is 0 Å². The van der Waals surface area contributed by atoms with Crippen molar-refractivity contribution in [1.82, 2.24) is 4.90 Å². The average molecular weight is 179 g/mol. The van der Waals surface area contributed by atoms with E-state index in [9.17, 15) is 0 Å². The Kier molecular flexibility index (Phi) is 3.72. The molecule has 0 radical (unpaired) electrons. The summed E-state index contributed by atoms with van der Waals surface area (Å²) >= 11 is 0. The van der Waals surface area contributed by atoms with E-state index >= 15 is 0 Å². The standard InChI is InChI=1S/C11H22BN/c1-5-6-7-10-8-12-9-13(10)11(2,3)4/h8,10H,5-7,9H2,1-4H3. The SMILES string of the molecule is CCCCC1C=BCN1C(C)(C)C. The first-order chi connectivity index (χ1) is 6.05. The van der Waals surface area contributed by atoms with E-state index in [4.69, 9.17) is 0 Å². The molecule has 1 rings (SSSR count). The van der Waals surface area contributed by atoms with Crippen LogP contribution < -0.4 is 0 Å². The van der Waals surface area contributed by atoms with Gasteiger partial charge >= 0.3 is 82.8 Å². The van der Waals surface area contributed by atoms with Gasteiger partial charge in [0.1, 0.15) is 0 Å². The fourth-order valence-corrected chi connectivity index (χ4v) is 2.01. The van der Waals surface area contributed by atoms with Crippen LogP contribution in [0, 0.1) is 0 Å². The molecule has 0 fully saturated rings. The van der Waals surface area contributed by atoms with E-state index in [1.165, 1.54) is 19.3 Å². The zero-order valence-electron chi connectivity index (χ0n) is 9.51. The first-order valence-corrected chi connectivity index (χ1v) is 5.49. The van der Waals surface area contributed by atoms with Crippen LogP contribution in [-0.4, -0.2) is 35.8 Å². The van der Waals surface area contributed by atoms with E-state index < -0.39 is 0 Å². The van der Waals surface area contributed by atoms with Gasteiger partial charge in [0.15, 0.2) is 0 Å². The normalized spacial score (nSPS) is 23.5. The molecule has 1 heterocycles. The van der Waals surface area contributed by atoms with E-state index in [1.54, 1.807) is 0 Å². The number of nitrogens with zero attached hydrogens (tertiary/aromatic N) is 1. The average Bonchev–Trinajstić information content (AvgIpc) is 2.47. The Hall–Kier alpha value is -0.105. The Bertz CT molecular complexity index is 181. The van der Waals surface area contributed by atoms with Gasteiger partial charge < -0.3 is 0 Å². The van der Waals surface area contributed by atoms with E-state index in [1.807, 2.05) is 0 Å². The molecule has 74 valence electrons. The molecule has 0 spiro atoms. The summed E-state index contributed by atoms with van der Waals surface area (Å²) in [6, 6.07) is 0.694. The molecule has 1 aliphatic heterocycles. The van der Waals surface area contributed by atoms with Gasteiger partial charge in [-0.3, -0.25) is 0 Å². The van der Waals surface area contributed by atoms with Crippen LogP contribution in [0.4, 0.5) is 0 Å². The number of hydrogen-bond acceptors (Lipinski definition) is 1. The molecule has 0 saturated heterocycles. The third kappa shape index (κ3) is 2.94. The van der Waals surface area contributed by atoms with Gasteiger partial charge in [0.25, 0.3) is 0 Å². The van der Waals surface area contributed by atoms with Crippen molar-refractivity contribution in [2.75, 3.05) is 6.44 Å². The van der Waals surface area contributed by atoms with E-state index in [2.05, 4.69) is 45.5 Å². The maximum atomic E-state index is 2.59. The summed E-state index contributed by atoms with van der Waals surface area (Å²) < 4.78 is 0. The summed E-state index contributed by atoms with van der Waals surface area (Å²) in [5.41, 5.74) is 0.321. The molecule has 0 amide bonds. The second-order valence-corrected chi connectivity index (χ2v) is 4.96. The molecule has 1 aliphatic rings. The third-order valence-electron chi connectivity index (χ3n) is 2.78. The first kappa shape index (κ1) is 11.0. The van der Waals surface area contributed by atoms with E-state index in [0.29, 0.717) is 11.6 Å².